The van der Waals surface area contributed by atoms with Crippen LogP contribution in [0.4, 0.5) is 15.8 Å². The van der Waals surface area contributed by atoms with E-state index in [1.54, 1.807) is 55.3 Å². The standard InChI is InChI=1S/C19H20FN3O2/c1-13(22(2)11-14-7-3-4-8-15(14)20)19(25)23-12-18(24)21-16-9-5-6-10-17(16)23/h3-10,13H,11-12H2,1-2H3,(H,21,24)/t13-/m0/s1. The summed E-state index contributed by atoms with van der Waals surface area (Å²) in [5.74, 6) is -0.714. The summed E-state index contributed by atoms with van der Waals surface area (Å²) >= 11 is 0. The number of amides is 2. The molecule has 1 heterocycles. The van der Waals surface area contributed by atoms with Crippen LogP contribution in [0.2, 0.25) is 0 Å². The van der Waals surface area contributed by atoms with Gasteiger partial charge in [-0.25, -0.2) is 4.39 Å². The molecule has 0 aliphatic carbocycles. The van der Waals surface area contributed by atoms with E-state index in [9.17, 15) is 14.0 Å². The minimum absolute atomic E-state index is 0.0201. The van der Waals surface area contributed by atoms with Crippen LogP contribution in [0.3, 0.4) is 0 Å². The Labute approximate surface area is 146 Å². The lowest BCUT2D eigenvalue weighted by molar-refractivity contribution is -0.125. The Bertz CT molecular complexity index is 809. The summed E-state index contributed by atoms with van der Waals surface area (Å²) in [6.07, 6.45) is 0. The predicted molar refractivity (Wildman–Crippen MR) is 94.8 cm³/mol. The van der Waals surface area contributed by atoms with Gasteiger partial charge in [0, 0.05) is 12.1 Å². The first-order valence-electron chi connectivity index (χ1n) is 8.11. The molecule has 2 amide bonds. The second-order valence-corrected chi connectivity index (χ2v) is 6.17. The molecule has 0 bridgehead atoms. The number of nitrogens with zero attached hydrogens (tertiary/aromatic N) is 2. The van der Waals surface area contributed by atoms with Gasteiger partial charge in [-0.2, -0.15) is 0 Å². The molecular weight excluding hydrogens is 321 g/mol. The Kier molecular flexibility index (Phi) is 4.81. The van der Waals surface area contributed by atoms with Crippen LogP contribution in [0, 0.1) is 5.82 Å². The van der Waals surface area contributed by atoms with Crippen LogP contribution in [0.15, 0.2) is 48.5 Å². The number of halogens is 1. The number of fused-ring (bicyclic) bond motifs is 1. The van der Waals surface area contributed by atoms with Crippen molar-refractivity contribution < 1.29 is 14.0 Å². The highest BCUT2D eigenvalue weighted by Gasteiger charge is 2.31. The van der Waals surface area contributed by atoms with E-state index in [-0.39, 0.29) is 24.2 Å². The fourth-order valence-corrected chi connectivity index (χ4v) is 2.88. The second kappa shape index (κ2) is 7.03. The molecule has 130 valence electrons. The summed E-state index contributed by atoms with van der Waals surface area (Å²) in [5.41, 5.74) is 1.83. The van der Waals surface area contributed by atoms with E-state index < -0.39 is 6.04 Å². The van der Waals surface area contributed by atoms with E-state index in [2.05, 4.69) is 5.32 Å². The highest BCUT2D eigenvalue weighted by Crippen LogP contribution is 2.29. The van der Waals surface area contributed by atoms with E-state index in [0.717, 1.165) is 0 Å². The van der Waals surface area contributed by atoms with Gasteiger partial charge >= 0.3 is 0 Å². The maximum Gasteiger partial charge on any atom is 0.244 e. The third-order valence-corrected chi connectivity index (χ3v) is 4.43. The van der Waals surface area contributed by atoms with E-state index in [1.165, 1.54) is 11.0 Å². The third kappa shape index (κ3) is 3.53. The summed E-state index contributed by atoms with van der Waals surface area (Å²) in [7, 11) is 1.77. The molecule has 0 aromatic heterocycles. The molecule has 25 heavy (non-hydrogen) atoms. The van der Waals surface area contributed by atoms with Crippen LogP contribution in [-0.4, -0.2) is 36.3 Å². The zero-order valence-electron chi connectivity index (χ0n) is 14.2. The van der Waals surface area contributed by atoms with Gasteiger partial charge in [0.2, 0.25) is 11.8 Å². The van der Waals surface area contributed by atoms with Gasteiger partial charge in [0.15, 0.2) is 0 Å². The molecule has 3 rings (SSSR count). The lowest BCUT2D eigenvalue weighted by atomic mass is 10.1. The van der Waals surface area contributed by atoms with Gasteiger partial charge in [0.1, 0.15) is 12.4 Å². The highest BCUT2D eigenvalue weighted by molar-refractivity contribution is 6.11. The number of nitrogens with one attached hydrogen (secondary N) is 1. The SMILES string of the molecule is C[C@@H](C(=O)N1CC(=O)Nc2ccccc21)N(C)Cc1ccccc1F. The molecule has 0 fully saturated rings. The number of benzene rings is 2. The van der Waals surface area contributed by atoms with Gasteiger partial charge in [-0.1, -0.05) is 30.3 Å². The minimum atomic E-state index is -0.501. The summed E-state index contributed by atoms with van der Waals surface area (Å²) in [5, 5.41) is 2.76. The van der Waals surface area contributed by atoms with Crippen LogP contribution in [0.25, 0.3) is 0 Å². The number of likely N-dealkylation sites (N-methyl/N-ethyl adjacent to an activating group) is 1. The molecule has 5 nitrogen and oxygen atoms in total. The first-order chi connectivity index (χ1) is 12.0. The van der Waals surface area contributed by atoms with Crippen molar-refractivity contribution in [2.75, 3.05) is 23.8 Å². The molecule has 0 radical (unpaired) electrons. The molecule has 1 aliphatic rings. The van der Waals surface area contributed by atoms with Gasteiger partial charge in [0.05, 0.1) is 17.4 Å². The predicted octanol–water partition coefficient (Wildman–Crippen LogP) is 2.63. The average Bonchev–Trinajstić information content (AvgIpc) is 2.61. The number of anilines is 2. The van der Waals surface area contributed by atoms with Gasteiger partial charge < -0.3 is 5.32 Å². The van der Waals surface area contributed by atoms with Crippen LogP contribution in [0.5, 0.6) is 0 Å². The molecular formula is C19H20FN3O2. The molecule has 0 saturated heterocycles. The molecule has 1 atom stereocenters. The van der Waals surface area contributed by atoms with Crippen molar-refractivity contribution in [1.82, 2.24) is 4.90 Å². The summed E-state index contributed by atoms with van der Waals surface area (Å²) < 4.78 is 13.8. The van der Waals surface area contributed by atoms with Crippen molar-refractivity contribution in [3.05, 3.63) is 59.9 Å². The van der Waals surface area contributed by atoms with Crippen LogP contribution < -0.4 is 10.2 Å². The van der Waals surface area contributed by atoms with Crippen LogP contribution in [-0.2, 0) is 16.1 Å². The number of rotatable bonds is 4. The Morgan fingerprint density at radius 1 is 1.24 bits per heavy atom. The molecule has 1 N–H and O–H groups in total. The topological polar surface area (TPSA) is 52.7 Å². The van der Waals surface area contributed by atoms with Crippen LogP contribution >= 0.6 is 0 Å². The van der Waals surface area contributed by atoms with Gasteiger partial charge in [-0.15, -0.1) is 0 Å². The molecule has 6 heteroatoms. The smallest absolute Gasteiger partial charge is 0.244 e. The number of hydrogen-bond donors (Lipinski definition) is 1. The van der Waals surface area contributed by atoms with E-state index in [4.69, 9.17) is 0 Å². The first kappa shape index (κ1) is 17.1. The first-order valence-corrected chi connectivity index (χ1v) is 8.11. The van der Waals surface area contributed by atoms with Crippen molar-refractivity contribution in [3.63, 3.8) is 0 Å². The molecule has 0 unspecified atom stereocenters. The lowest BCUT2D eigenvalue weighted by Crippen LogP contribution is -2.50. The van der Waals surface area contributed by atoms with Crippen molar-refractivity contribution in [3.8, 4) is 0 Å². The number of carbonyl (C=O) groups is 2. The largest absolute Gasteiger partial charge is 0.323 e. The normalized spacial score (nSPS) is 14.9. The Hall–Kier alpha value is -2.73. The zero-order chi connectivity index (χ0) is 18.0. The average molecular weight is 341 g/mol. The number of para-hydroxylation sites is 2. The third-order valence-electron chi connectivity index (χ3n) is 4.43. The maximum atomic E-state index is 13.8. The van der Waals surface area contributed by atoms with Gasteiger partial charge in [-0.05, 0) is 32.2 Å². The van der Waals surface area contributed by atoms with Crippen molar-refractivity contribution in [1.29, 1.82) is 0 Å². The van der Waals surface area contributed by atoms with Crippen molar-refractivity contribution in [2.45, 2.75) is 19.5 Å². The monoisotopic (exact) mass is 341 g/mol. The minimum Gasteiger partial charge on any atom is -0.323 e. The van der Waals surface area contributed by atoms with Crippen molar-refractivity contribution >= 4 is 23.2 Å². The number of carbonyl (C=O) groups excluding carboxylic acids is 2. The summed E-state index contributed by atoms with van der Waals surface area (Å²) in [6, 6.07) is 13.2. The lowest BCUT2D eigenvalue weighted by Gasteiger charge is -2.33. The van der Waals surface area contributed by atoms with Crippen LogP contribution in [0.1, 0.15) is 12.5 Å². The van der Waals surface area contributed by atoms with E-state index >= 15 is 0 Å². The van der Waals surface area contributed by atoms with Gasteiger partial charge in [0.25, 0.3) is 0 Å². The molecule has 2 aromatic carbocycles. The molecule has 2 aromatic rings. The Morgan fingerprint density at radius 2 is 1.92 bits per heavy atom. The molecule has 1 aliphatic heterocycles. The fourth-order valence-electron chi connectivity index (χ4n) is 2.88. The highest BCUT2D eigenvalue weighted by atomic mass is 19.1. The zero-order valence-corrected chi connectivity index (χ0v) is 14.2. The second-order valence-electron chi connectivity index (χ2n) is 6.17. The Morgan fingerprint density at radius 3 is 2.68 bits per heavy atom. The maximum absolute atomic E-state index is 13.8. The fraction of sp³-hybridized carbons (Fsp3) is 0.263. The van der Waals surface area contributed by atoms with Crippen molar-refractivity contribution in [2.24, 2.45) is 0 Å². The summed E-state index contributed by atoms with van der Waals surface area (Å²) in [4.78, 5) is 28.1. The molecule has 0 spiro atoms. The number of hydrogen-bond acceptors (Lipinski definition) is 3. The Balaban J connectivity index is 1.78. The quantitative estimate of drug-likeness (QED) is 0.930. The van der Waals surface area contributed by atoms with Gasteiger partial charge in [-0.3, -0.25) is 19.4 Å². The van der Waals surface area contributed by atoms with E-state index in [0.29, 0.717) is 23.5 Å². The summed E-state index contributed by atoms with van der Waals surface area (Å²) in [6.45, 7) is 2.05. The molecule has 0 saturated carbocycles. The van der Waals surface area contributed by atoms with E-state index in [1.807, 2.05) is 6.07 Å².